The molecule has 2 N–H and O–H groups in total. The normalized spacial score (nSPS) is 37.9. The zero-order valence-corrected chi connectivity index (χ0v) is 17.5. The second kappa shape index (κ2) is 6.93. The average molecular weight is 415 g/mol. The molecule has 0 bridgehead atoms. The summed E-state index contributed by atoms with van der Waals surface area (Å²) in [6.07, 6.45) is 3.41. The topological polar surface area (TPSA) is 108 Å². The molecule has 5 atom stereocenters. The molecule has 2 aliphatic heterocycles. The van der Waals surface area contributed by atoms with Crippen molar-refractivity contribution in [2.24, 2.45) is 5.92 Å². The summed E-state index contributed by atoms with van der Waals surface area (Å²) >= 11 is 0. The SMILES string of the molecule is CC1CC(CN2C(=O)C3CC(S(=O)(=O)NC4(C)CC4)CCC3N(C)C2=O)ON1. The number of hydroxylamine groups is 1. The molecule has 28 heavy (non-hydrogen) atoms. The molecule has 4 rings (SSSR count). The maximum atomic E-state index is 13.1. The molecular formula is C18H30N4O5S. The Morgan fingerprint density at radius 1 is 1.25 bits per heavy atom. The number of hydrogen-bond acceptors (Lipinski definition) is 6. The molecule has 2 aliphatic carbocycles. The summed E-state index contributed by atoms with van der Waals surface area (Å²) in [4.78, 5) is 34.2. The zero-order valence-electron chi connectivity index (χ0n) is 16.7. The molecule has 4 aliphatic rings. The smallest absolute Gasteiger partial charge is 0.324 e. The Kier molecular flexibility index (Phi) is 4.96. The van der Waals surface area contributed by atoms with Gasteiger partial charge in [-0.3, -0.25) is 14.5 Å². The first-order chi connectivity index (χ1) is 13.1. The van der Waals surface area contributed by atoms with Gasteiger partial charge >= 0.3 is 6.03 Å². The Balaban J connectivity index is 1.49. The minimum Gasteiger partial charge on any atom is -0.324 e. The molecule has 9 nitrogen and oxygen atoms in total. The molecule has 0 aromatic heterocycles. The quantitative estimate of drug-likeness (QED) is 0.681. The lowest BCUT2D eigenvalue weighted by Gasteiger charge is -2.47. The minimum atomic E-state index is -3.49. The monoisotopic (exact) mass is 414 g/mol. The van der Waals surface area contributed by atoms with E-state index in [1.54, 1.807) is 11.9 Å². The van der Waals surface area contributed by atoms with Crippen LogP contribution in [0.4, 0.5) is 4.79 Å². The fourth-order valence-electron chi connectivity index (χ4n) is 4.66. The fourth-order valence-corrected chi connectivity index (χ4v) is 6.62. The summed E-state index contributed by atoms with van der Waals surface area (Å²) in [5.74, 6) is -0.759. The third-order valence-corrected chi connectivity index (χ3v) is 8.73. The van der Waals surface area contributed by atoms with Gasteiger partial charge in [-0.05, 0) is 52.4 Å². The van der Waals surface area contributed by atoms with Gasteiger partial charge in [0.15, 0.2) is 0 Å². The fraction of sp³-hybridized carbons (Fsp3) is 0.889. The van der Waals surface area contributed by atoms with E-state index in [9.17, 15) is 18.0 Å². The predicted octanol–water partition coefficient (Wildman–Crippen LogP) is 0.572. The molecule has 5 unspecified atom stereocenters. The molecule has 158 valence electrons. The predicted molar refractivity (Wildman–Crippen MR) is 102 cm³/mol. The summed E-state index contributed by atoms with van der Waals surface area (Å²) < 4.78 is 28.5. The van der Waals surface area contributed by atoms with Crippen LogP contribution in [0.5, 0.6) is 0 Å². The standard InChI is InChI=1S/C18H30N4O5S/c1-11-8-12(27-19-11)10-22-16(23)14-9-13(4-5-15(14)21(3)17(22)24)28(25,26)20-18(2)6-7-18/h11-15,19-20H,4-10H2,1-3H3. The van der Waals surface area contributed by atoms with Crippen molar-refractivity contribution in [1.29, 1.82) is 0 Å². The van der Waals surface area contributed by atoms with Crippen LogP contribution < -0.4 is 10.2 Å². The van der Waals surface area contributed by atoms with Crippen molar-refractivity contribution in [3.8, 4) is 0 Å². The molecule has 2 saturated heterocycles. The molecule has 2 heterocycles. The first-order valence-corrected chi connectivity index (χ1v) is 11.7. The number of carbonyl (C=O) groups is 2. The van der Waals surface area contributed by atoms with Crippen molar-refractivity contribution in [3.63, 3.8) is 0 Å². The Bertz CT molecular complexity index is 768. The summed E-state index contributed by atoms with van der Waals surface area (Å²) in [5, 5.41) is -0.594. The van der Waals surface area contributed by atoms with Crippen LogP contribution in [0.15, 0.2) is 0 Å². The van der Waals surface area contributed by atoms with E-state index in [0.717, 1.165) is 12.8 Å². The molecule has 10 heteroatoms. The van der Waals surface area contributed by atoms with Crippen LogP contribution in [0, 0.1) is 5.92 Å². The Morgan fingerprint density at radius 3 is 2.57 bits per heavy atom. The number of nitrogens with zero attached hydrogens (tertiary/aromatic N) is 2. The number of fused-ring (bicyclic) bond motifs is 1. The van der Waals surface area contributed by atoms with Gasteiger partial charge in [-0.15, -0.1) is 0 Å². The van der Waals surface area contributed by atoms with Gasteiger partial charge in [-0.2, -0.15) is 5.48 Å². The van der Waals surface area contributed by atoms with E-state index < -0.39 is 21.2 Å². The van der Waals surface area contributed by atoms with Gasteiger partial charge in [0.05, 0.1) is 23.8 Å². The van der Waals surface area contributed by atoms with Crippen LogP contribution in [0.25, 0.3) is 0 Å². The molecule has 4 fully saturated rings. The summed E-state index contributed by atoms with van der Waals surface area (Å²) in [7, 11) is -1.79. The third kappa shape index (κ3) is 3.67. The van der Waals surface area contributed by atoms with Crippen molar-refractivity contribution in [2.45, 2.75) is 81.3 Å². The van der Waals surface area contributed by atoms with Gasteiger partial charge in [-0.25, -0.2) is 17.9 Å². The number of hydrogen-bond donors (Lipinski definition) is 2. The number of amides is 3. The number of urea groups is 1. The molecule has 2 saturated carbocycles. The van der Waals surface area contributed by atoms with Crippen LogP contribution in [0.2, 0.25) is 0 Å². The summed E-state index contributed by atoms with van der Waals surface area (Å²) in [6, 6.07) is -0.385. The lowest BCUT2D eigenvalue weighted by atomic mass is 9.81. The van der Waals surface area contributed by atoms with E-state index in [2.05, 4.69) is 10.2 Å². The average Bonchev–Trinajstić information content (AvgIpc) is 3.20. The lowest BCUT2D eigenvalue weighted by molar-refractivity contribution is -0.141. The second-order valence-corrected chi connectivity index (χ2v) is 11.1. The van der Waals surface area contributed by atoms with E-state index >= 15 is 0 Å². The van der Waals surface area contributed by atoms with Gasteiger partial charge in [-0.1, -0.05) is 0 Å². The van der Waals surface area contributed by atoms with E-state index in [4.69, 9.17) is 4.84 Å². The molecule has 0 radical (unpaired) electrons. The van der Waals surface area contributed by atoms with E-state index in [-0.39, 0.29) is 48.6 Å². The van der Waals surface area contributed by atoms with Crippen LogP contribution in [0.1, 0.15) is 52.4 Å². The van der Waals surface area contributed by atoms with Crippen LogP contribution >= 0.6 is 0 Å². The zero-order chi connectivity index (χ0) is 20.3. The number of imide groups is 1. The van der Waals surface area contributed by atoms with Crippen LogP contribution in [-0.4, -0.2) is 72.7 Å². The molecule has 0 aromatic carbocycles. The van der Waals surface area contributed by atoms with Gasteiger partial charge in [0.1, 0.15) is 0 Å². The van der Waals surface area contributed by atoms with Crippen LogP contribution in [0.3, 0.4) is 0 Å². The molecule has 0 aromatic rings. The van der Waals surface area contributed by atoms with Crippen molar-refractivity contribution < 1.29 is 22.8 Å². The maximum absolute atomic E-state index is 13.1. The van der Waals surface area contributed by atoms with E-state index in [0.29, 0.717) is 19.3 Å². The highest BCUT2D eigenvalue weighted by atomic mass is 32.2. The largest absolute Gasteiger partial charge is 0.326 e. The van der Waals surface area contributed by atoms with Gasteiger partial charge in [0, 0.05) is 24.7 Å². The molecular weight excluding hydrogens is 384 g/mol. The van der Waals surface area contributed by atoms with Crippen LogP contribution in [-0.2, 0) is 19.7 Å². The van der Waals surface area contributed by atoms with Crippen molar-refractivity contribution >= 4 is 22.0 Å². The van der Waals surface area contributed by atoms with Crippen molar-refractivity contribution in [3.05, 3.63) is 0 Å². The highest BCUT2D eigenvalue weighted by Gasteiger charge is 2.51. The Hall–Kier alpha value is -1.23. The Morgan fingerprint density at radius 2 is 1.96 bits per heavy atom. The number of rotatable bonds is 5. The van der Waals surface area contributed by atoms with Gasteiger partial charge in [0.25, 0.3) is 0 Å². The van der Waals surface area contributed by atoms with Crippen molar-refractivity contribution in [2.75, 3.05) is 13.6 Å². The maximum Gasteiger partial charge on any atom is 0.326 e. The Labute approximate surface area is 166 Å². The lowest BCUT2D eigenvalue weighted by Crippen LogP contribution is -2.63. The first-order valence-electron chi connectivity index (χ1n) is 10.1. The van der Waals surface area contributed by atoms with E-state index in [1.165, 1.54) is 4.90 Å². The number of sulfonamides is 1. The first kappa shape index (κ1) is 20.1. The van der Waals surface area contributed by atoms with Crippen molar-refractivity contribution in [1.82, 2.24) is 20.0 Å². The number of carbonyl (C=O) groups excluding carboxylic acids is 2. The van der Waals surface area contributed by atoms with Gasteiger partial charge in [0.2, 0.25) is 15.9 Å². The minimum absolute atomic E-state index is 0.171. The summed E-state index contributed by atoms with van der Waals surface area (Å²) in [5.41, 5.74) is 2.54. The van der Waals surface area contributed by atoms with Gasteiger partial charge < -0.3 is 4.90 Å². The molecule has 0 spiro atoms. The van der Waals surface area contributed by atoms with E-state index in [1.807, 2.05) is 13.8 Å². The highest BCUT2D eigenvalue weighted by Crippen LogP contribution is 2.39. The highest BCUT2D eigenvalue weighted by molar-refractivity contribution is 7.90. The number of nitrogens with one attached hydrogen (secondary N) is 2. The molecule has 3 amide bonds. The summed E-state index contributed by atoms with van der Waals surface area (Å²) in [6.45, 7) is 4.08. The third-order valence-electron chi connectivity index (χ3n) is 6.65. The second-order valence-electron chi connectivity index (χ2n) is 9.15.